The molecule has 0 spiro atoms. The number of hydrogen-bond donors (Lipinski definition) is 1. The first-order valence-electron chi connectivity index (χ1n) is 13.0. The number of carbonyl (C=O) groups excluding carboxylic acids is 2. The van der Waals surface area contributed by atoms with Gasteiger partial charge in [-0.25, -0.2) is 0 Å². The molecule has 2 atom stereocenters. The van der Waals surface area contributed by atoms with Gasteiger partial charge in [0.25, 0.3) is 11.8 Å². The summed E-state index contributed by atoms with van der Waals surface area (Å²) in [5.41, 5.74) is 1.82. The molecule has 1 aliphatic heterocycles. The Bertz CT molecular complexity index is 1150. The number of nitrogens with zero attached hydrogens (tertiary/aromatic N) is 3. The van der Waals surface area contributed by atoms with Crippen molar-refractivity contribution in [3.05, 3.63) is 53.1 Å². The number of alkyl halides is 3. The second-order valence-corrected chi connectivity index (χ2v) is 12.1. The Morgan fingerprint density at radius 3 is 2.47 bits per heavy atom. The first kappa shape index (κ1) is 28.4. The number of carbonyl (C=O) groups is 2. The second kappa shape index (κ2) is 11.6. The lowest BCUT2D eigenvalue weighted by Crippen LogP contribution is -2.37. The summed E-state index contributed by atoms with van der Waals surface area (Å²) in [6, 6.07) is 4.70. The van der Waals surface area contributed by atoms with Gasteiger partial charge in [0.05, 0.1) is 47.2 Å². The fourth-order valence-electron chi connectivity index (χ4n) is 5.35. The van der Waals surface area contributed by atoms with Crippen molar-refractivity contribution in [2.75, 3.05) is 12.3 Å². The zero-order valence-electron chi connectivity index (χ0n) is 21.8. The molecule has 11 heteroatoms. The molecule has 2 aliphatic rings. The Morgan fingerprint density at radius 1 is 1.18 bits per heavy atom. The van der Waals surface area contributed by atoms with Gasteiger partial charge in [-0.2, -0.15) is 13.2 Å². The first-order valence-corrected chi connectivity index (χ1v) is 14.3. The molecule has 1 fully saturated rings. The molecule has 2 amide bonds. The fourth-order valence-corrected chi connectivity index (χ4v) is 6.07. The zero-order chi connectivity index (χ0) is 27.6. The number of halogens is 3. The van der Waals surface area contributed by atoms with Crippen molar-refractivity contribution >= 4 is 23.0 Å². The summed E-state index contributed by atoms with van der Waals surface area (Å²) in [4.78, 5) is 37.3. The van der Waals surface area contributed by atoms with Gasteiger partial charge in [-0.15, -0.1) is 0 Å². The minimum Gasteiger partial charge on any atom is -0.611 e. The van der Waals surface area contributed by atoms with E-state index in [0.717, 1.165) is 0 Å². The Morgan fingerprint density at radius 2 is 1.89 bits per heavy atom. The van der Waals surface area contributed by atoms with Crippen LogP contribution >= 0.6 is 0 Å². The molecular formula is C27H33F3N4O3S. The zero-order valence-corrected chi connectivity index (χ0v) is 22.6. The van der Waals surface area contributed by atoms with Crippen molar-refractivity contribution < 1.29 is 27.3 Å². The number of pyridine rings is 2. The third kappa shape index (κ3) is 6.14. The highest BCUT2D eigenvalue weighted by Gasteiger charge is 2.44. The van der Waals surface area contributed by atoms with Gasteiger partial charge in [-0.05, 0) is 73.8 Å². The molecule has 0 aromatic carbocycles. The third-order valence-electron chi connectivity index (χ3n) is 7.44. The predicted molar refractivity (Wildman–Crippen MR) is 137 cm³/mol. The monoisotopic (exact) mass is 550 g/mol. The lowest BCUT2D eigenvalue weighted by Gasteiger charge is -2.35. The molecule has 0 saturated heterocycles. The minimum absolute atomic E-state index is 0.00419. The molecule has 2 unspecified atom stereocenters. The average Bonchev–Trinajstić information content (AvgIpc) is 3.17. The maximum absolute atomic E-state index is 13.4. The van der Waals surface area contributed by atoms with E-state index < -0.39 is 29.2 Å². The van der Waals surface area contributed by atoms with E-state index in [0.29, 0.717) is 47.0 Å². The van der Waals surface area contributed by atoms with E-state index in [1.54, 1.807) is 23.1 Å². The smallest absolute Gasteiger partial charge is 0.391 e. The van der Waals surface area contributed by atoms with Crippen molar-refractivity contribution in [1.82, 2.24) is 20.2 Å². The van der Waals surface area contributed by atoms with Crippen LogP contribution < -0.4 is 5.32 Å². The summed E-state index contributed by atoms with van der Waals surface area (Å²) in [7, 11) is 0. The van der Waals surface area contributed by atoms with Gasteiger partial charge in [-0.1, -0.05) is 13.8 Å². The Hall–Kier alpha value is -2.66. The van der Waals surface area contributed by atoms with Crippen LogP contribution in [0.4, 0.5) is 13.2 Å². The number of rotatable bonds is 8. The molecule has 0 radical (unpaired) electrons. The van der Waals surface area contributed by atoms with Gasteiger partial charge in [0.1, 0.15) is 5.75 Å². The van der Waals surface area contributed by atoms with Crippen LogP contribution in [0.5, 0.6) is 0 Å². The summed E-state index contributed by atoms with van der Waals surface area (Å²) in [6.07, 6.45) is -0.138. The molecule has 38 heavy (non-hydrogen) atoms. The van der Waals surface area contributed by atoms with Crippen LogP contribution in [0.15, 0.2) is 35.5 Å². The molecule has 2 aromatic rings. The first-order chi connectivity index (χ1) is 18.0. The quantitative estimate of drug-likeness (QED) is 0.464. The van der Waals surface area contributed by atoms with Crippen molar-refractivity contribution in [1.29, 1.82) is 0 Å². The number of fused-ring (bicyclic) bond motifs is 1. The van der Waals surface area contributed by atoms with Crippen LogP contribution in [0, 0.1) is 17.8 Å². The highest BCUT2D eigenvalue weighted by molar-refractivity contribution is 7.91. The van der Waals surface area contributed by atoms with Crippen molar-refractivity contribution in [3.8, 4) is 0 Å². The minimum atomic E-state index is -4.17. The van der Waals surface area contributed by atoms with E-state index in [2.05, 4.69) is 15.3 Å². The summed E-state index contributed by atoms with van der Waals surface area (Å²) < 4.78 is 51.1. The second-order valence-electron chi connectivity index (χ2n) is 10.4. The summed E-state index contributed by atoms with van der Waals surface area (Å²) in [5.74, 6) is -1.35. The molecular weight excluding hydrogens is 517 g/mol. The highest BCUT2D eigenvalue weighted by atomic mass is 32.2. The van der Waals surface area contributed by atoms with E-state index >= 15 is 0 Å². The number of hydrogen-bond acceptors (Lipinski definition) is 5. The SMILES string of the molecule is CC[S+]([O-])c1ccc(CNC(=O)c2cnc3c(c2)C(=O)N(C[C@H]2CC[C@H](C(F)(F)F)CC2)C3C(C)C)nc1. The highest BCUT2D eigenvalue weighted by Crippen LogP contribution is 2.43. The summed E-state index contributed by atoms with van der Waals surface area (Å²) in [5, 5.41) is 2.78. The molecule has 0 bridgehead atoms. The molecule has 1 saturated carbocycles. The van der Waals surface area contributed by atoms with E-state index in [1.807, 2.05) is 20.8 Å². The standard InChI is InChI=1S/C27H33F3N4O3S/c1-4-38(37)21-10-9-20(31-14-21)13-33-25(35)18-11-22-23(32-12-18)24(16(2)3)34(26(22)36)15-17-5-7-19(8-6-17)27(28,29)30/h9-12,14,16-17,19,24H,4-8,13,15H2,1-3H3,(H,33,35)/t17-,19-,24?,38?. The predicted octanol–water partition coefficient (Wildman–Crippen LogP) is 5.06. The van der Waals surface area contributed by atoms with E-state index in [-0.39, 0.29) is 48.7 Å². The van der Waals surface area contributed by atoms with Crippen LogP contribution in [-0.4, -0.2) is 49.7 Å². The Balaban J connectivity index is 1.42. The van der Waals surface area contributed by atoms with E-state index in [1.165, 1.54) is 12.4 Å². The van der Waals surface area contributed by atoms with Gasteiger partial charge < -0.3 is 14.8 Å². The topological polar surface area (TPSA) is 98.2 Å². The van der Waals surface area contributed by atoms with Crippen LogP contribution in [0.25, 0.3) is 0 Å². The lowest BCUT2D eigenvalue weighted by atomic mass is 9.81. The van der Waals surface area contributed by atoms with E-state index in [4.69, 9.17) is 0 Å². The molecule has 3 heterocycles. The van der Waals surface area contributed by atoms with Gasteiger partial charge >= 0.3 is 6.18 Å². The Kier molecular flexibility index (Phi) is 8.66. The fraction of sp³-hybridized carbons (Fsp3) is 0.556. The van der Waals surface area contributed by atoms with Gasteiger partial charge in [0, 0.05) is 12.7 Å². The molecule has 206 valence electrons. The number of aromatic nitrogens is 2. The van der Waals surface area contributed by atoms with Crippen LogP contribution in [0.1, 0.15) is 84.6 Å². The van der Waals surface area contributed by atoms with E-state index in [9.17, 15) is 27.3 Å². The number of amides is 2. The molecule has 2 aromatic heterocycles. The van der Waals surface area contributed by atoms with Gasteiger partial charge in [0.15, 0.2) is 4.90 Å². The van der Waals surface area contributed by atoms with Crippen molar-refractivity contribution in [2.24, 2.45) is 17.8 Å². The molecule has 1 aliphatic carbocycles. The maximum atomic E-state index is 13.4. The van der Waals surface area contributed by atoms with Crippen molar-refractivity contribution in [3.63, 3.8) is 0 Å². The summed E-state index contributed by atoms with van der Waals surface area (Å²) >= 11 is -1.10. The Labute approximate surface area is 223 Å². The maximum Gasteiger partial charge on any atom is 0.391 e. The molecule has 7 nitrogen and oxygen atoms in total. The van der Waals surface area contributed by atoms with Gasteiger partial charge in [0.2, 0.25) is 0 Å². The molecule has 4 rings (SSSR count). The van der Waals surface area contributed by atoms with Gasteiger partial charge in [-0.3, -0.25) is 19.6 Å². The van der Waals surface area contributed by atoms with Crippen LogP contribution in [0.2, 0.25) is 0 Å². The normalized spacial score (nSPS) is 22.5. The van der Waals surface area contributed by atoms with Crippen LogP contribution in [-0.2, 0) is 17.7 Å². The third-order valence-corrected chi connectivity index (χ3v) is 8.73. The largest absolute Gasteiger partial charge is 0.611 e. The average molecular weight is 551 g/mol. The lowest BCUT2D eigenvalue weighted by molar-refractivity contribution is -0.184. The number of nitrogens with one attached hydrogen (secondary N) is 1. The van der Waals surface area contributed by atoms with Crippen molar-refractivity contribution in [2.45, 2.75) is 70.1 Å². The van der Waals surface area contributed by atoms with Crippen LogP contribution in [0.3, 0.4) is 0 Å². The molecule has 1 N–H and O–H groups in total. The summed E-state index contributed by atoms with van der Waals surface area (Å²) in [6.45, 7) is 6.33.